The van der Waals surface area contributed by atoms with E-state index in [0.29, 0.717) is 21.3 Å². The average Bonchev–Trinajstić information content (AvgIpc) is 2.93. The van der Waals surface area contributed by atoms with E-state index in [9.17, 15) is 19.8 Å². The van der Waals surface area contributed by atoms with E-state index in [1.54, 1.807) is 19.2 Å². The lowest BCUT2D eigenvalue weighted by Gasteiger charge is -2.15. The number of carbonyl (C=O) groups excluding carboxylic acids is 1. The Bertz CT molecular complexity index is 1080. The molecule has 1 fully saturated rings. The second-order valence-corrected chi connectivity index (χ2v) is 7.70. The highest BCUT2D eigenvalue weighted by molar-refractivity contribution is 8.18. The molecule has 3 rings (SSSR count). The van der Waals surface area contributed by atoms with E-state index in [0.717, 1.165) is 11.8 Å². The molecule has 0 spiro atoms. The Labute approximate surface area is 180 Å². The van der Waals surface area contributed by atoms with Gasteiger partial charge in [-0.1, -0.05) is 23.2 Å². The van der Waals surface area contributed by atoms with Crippen molar-refractivity contribution in [1.82, 2.24) is 4.90 Å². The molecule has 29 heavy (non-hydrogen) atoms. The summed E-state index contributed by atoms with van der Waals surface area (Å²) in [6, 6.07) is 7.25. The molecule has 1 aliphatic heterocycles. The van der Waals surface area contributed by atoms with E-state index >= 15 is 0 Å². The summed E-state index contributed by atoms with van der Waals surface area (Å²) in [4.78, 5) is 29.8. The van der Waals surface area contributed by atoms with Gasteiger partial charge in [0.1, 0.15) is 5.75 Å². The summed E-state index contributed by atoms with van der Waals surface area (Å²) in [5.74, 6) is -1.83. The van der Waals surface area contributed by atoms with Crippen LogP contribution in [0.15, 0.2) is 40.2 Å². The van der Waals surface area contributed by atoms with Crippen molar-refractivity contribution in [2.75, 3.05) is 14.2 Å². The molecule has 10 heteroatoms. The van der Waals surface area contributed by atoms with Crippen molar-refractivity contribution in [3.63, 3.8) is 0 Å². The minimum atomic E-state index is -1.17. The largest absolute Gasteiger partial charge is 0.869 e. The van der Waals surface area contributed by atoms with E-state index in [2.05, 4.69) is 4.99 Å². The summed E-state index contributed by atoms with van der Waals surface area (Å²) in [5.41, 5.74) is 0.785. The molecule has 1 amide bonds. The Morgan fingerprint density at radius 1 is 1.28 bits per heavy atom. The van der Waals surface area contributed by atoms with Crippen LogP contribution < -0.4 is 9.84 Å². The molecular formula is C19H13Cl2N2O5S-. The van der Waals surface area contributed by atoms with Crippen molar-refractivity contribution in [1.29, 1.82) is 0 Å². The molecule has 2 aromatic carbocycles. The van der Waals surface area contributed by atoms with Crippen LogP contribution in [0, 0.1) is 0 Å². The van der Waals surface area contributed by atoms with E-state index in [4.69, 9.17) is 27.9 Å². The number of nitrogens with zero attached hydrogens (tertiary/aromatic N) is 2. The number of aromatic carboxylic acids is 1. The highest BCUT2D eigenvalue weighted by atomic mass is 35.5. The zero-order valence-corrected chi connectivity index (χ0v) is 17.4. The van der Waals surface area contributed by atoms with Gasteiger partial charge in [-0.05, 0) is 59.5 Å². The van der Waals surface area contributed by atoms with Gasteiger partial charge in [-0.15, -0.1) is 0 Å². The number of carbonyl (C=O) groups is 2. The second-order valence-electron chi connectivity index (χ2n) is 5.87. The van der Waals surface area contributed by atoms with Crippen LogP contribution in [-0.4, -0.2) is 41.2 Å². The maximum absolute atomic E-state index is 12.6. The summed E-state index contributed by atoms with van der Waals surface area (Å²) < 4.78 is 5.01. The van der Waals surface area contributed by atoms with E-state index < -0.39 is 11.7 Å². The van der Waals surface area contributed by atoms with Gasteiger partial charge in [0.25, 0.3) is 5.91 Å². The number of benzene rings is 2. The van der Waals surface area contributed by atoms with E-state index in [1.165, 1.54) is 36.3 Å². The quantitative estimate of drug-likeness (QED) is 0.704. The molecule has 7 nitrogen and oxygen atoms in total. The van der Waals surface area contributed by atoms with Crippen molar-refractivity contribution in [3.8, 4) is 11.5 Å². The SMILES string of the molecule is COc1cc(/C=C2\SC(=Nc3ccc(Cl)c(C(=O)O)c3)N(C)C2=O)cc(Cl)c1[O-]. The number of amidine groups is 1. The number of rotatable bonds is 4. The van der Waals surface area contributed by atoms with Gasteiger partial charge in [0.2, 0.25) is 0 Å². The third kappa shape index (κ3) is 4.34. The van der Waals surface area contributed by atoms with Gasteiger partial charge < -0.3 is 14.9 Å². The van der Waals surface area contributed by atoms with Crippen LogP contribution in [-0.2, 0) is 4.79 Å². The van der Waals surface area contributed by atoms with Crippen LogP contribution >= 0.6 is 35.0 Å². The summed E-state index contributed by atoms with van der Waals surface area (Å²) >= 11 is 12.9. The van der Waals surface area contributed by atoms with Crippen LogP contribution in [0.2, 0.25) is 10.0 Å². The fourth-order valence-corrected chi connectivity index (χ4v) is 3.89. The first-order chi connectivity index (χ1) is 13.7. The topological polar surface area (TPSA) is 102 Å². The molecule has 0 unspecified atom stereocenters. The number of thioether (sulfide) groups is 1. The van der Waals surface area contributed by atoms with Gasteiger partial charge in [-0.25, -0.2) is 9.79 Å². The smallest absolute Gasteiger partial charge is 0.337 e. The lowest BCUT2D eigenvalue weighted by Crippen LogP contribution is -2.23. The molecule has 2 aromatic rings. The summed E-state index contributed by atoms with van der Waals surface area (Å²) in [6.45, 7) is 0. The molecule has 1 N–H and O–H groups in total. The highest BCUT2D eigenvalue weighted by Crippen LogP contribution is 2.37. The number of ether oxygens (including phenoxy) is 1. The van der Waals surface area contributed by atoms with E-state index in [1.807, 2.05) is 0 Å². The monoisotopic (exact) mass is 451 g/mol. The maximum Gasteiger partial charge on any atom is 0.337 e. The number of likely N-dealkylation sites (N-methyl/N-ethyl adjacent to an activating group) is 1. The molecule has 0 aliphatic carbocycles. The third-order valence-corrected chi connectivity index (χ3v) is 5.63. The Morgan fingerprint density at radius 2 is 2.00 bits per heavy atom. The van der Waals surface area contributed by atoms with Crippen LogP contribution in [0.5, 0.6) is 11.5 Å². The number of aliphatic imine (C=N–C) groups is 1. The molecule has 0 radical (unpaired) electrons. The van der Waals surface area contributed by atoms with Gasteiger partial charge in [0, 0.05) is 12.1 Å². The van der Waals surface area contributed by atoms with Gasteiger partial charge in [-0.3, -0.25) is 9.69 Å². The van der Waals surface area contributed by atoms with Gasteiger partial charge in [0.15, 0.2) is 5.17 Å². The molecular weight excluding hydrogens is 439 g/mol. The van der Waals surface area contributed by atoms with Gasteiger partial charge in [0.05, 0.1) is 28.3 Å². The van der Waals surface area contributed by atoms with Gasteiger partial charge in [-0.2, -0.15) is 0 Å². The number of carboxylic acids is 1. The Kier molecular flexibility index (Phi) is 6.07. The summed E-state index contributed by atoms with van der Waals surface area (Å²) in [7, 11) is 2.91. The molecule has 0 saturated carbocycles. The highest BCUT2D eigenvalue weighted by Gasteiger charge is 2.30. The first kappa shape index (κ1) is 21.0. The van der Waals surface area contributed by atoms with Gasteiger partial charge >= 0.3 is 5.97 Å². The van der Waals surface area contributed by atoms with Crippen molar-refractivity contribution in [3.05, 3.63) is 56.4 Å². The van der Waals surface area contributed by atoms with Crippen LogP contribution in [0.3, 0.4) is 0 Å². The molecule has 150 valence electrons. The van der Waals surface area contributed by atoms with Crippen LogP contribution in [0.1, 0.15) is 15.9 Å². The van der Waals surface area contributed by atoms with E-state index in [-0.39, 0.29) is 27.3 Å². The number of hydrogen-bond donors (Lipinski definition) is 1. The average molecular weight is 452 g/mol. The predicted molar refractivity (Wildman–Crippen MR) is 111 cm³/mol. The molecule has 1 saturated heterocycles. The second kappa shape index (κ2) is 8.36. The zero-order chi connectivity index (χ0) is 21.3. The lowest BCUT2D eigenvalue weighted by atomic mass is 10.2. The third-order valence-electron chi connectivity index (χ3n) is 3.96. The minimum absolute atomic E-state index is 0.0174. The number of halogens is 2. The fraction of sp³-hybridized carbons (Fsp3) is 0.105. The summed E-state index contributed by atoms with van der Waals surface area (Å²) in [6.07, 6.45) is 1.57. The van der Waals surface area contributed by atoms with Crippen LogP contribution in [0.4, 0.5) is 5.69 Å². The Hall–Kier alpha value is -2.68. The molecule has 0 aromatic heterocycles. The Balaban J connectivity index is 1.95. The van der Waals surface area contributed by atoms with Crippen molar-refractivity contribution in [2.45, 2.75) is 0 Å². The van der Waals surface area contributed by atoms with Crippen molar-refractivity contribution in [2.24, 2.45) is 4.99 Å². The van der Waals surface area contributed by atoms with Crippen molar-refractivity contribution >= 4 is 63.8 Å². The number of hydrogen-bond acceptors (Lipinski definition) is 6. The predicted octanol–water partition coefficient (Wildman–Crippen LogP) is 4.01. The first-order valence-electron chi connectivity index (χ1n) is 8.05. The number of amides is 1. The first-order valence-corrected chi connectivity index (χ1v) is 9.62. The number of carboxylic acid groups (broad SMARTS) is 1. The zero-order valence-electron chi connectivity index (χ0n) is 15.1. The molecule has 1 aliphatic rings. The van der Waals surface area contributed by atoms with Crippen LogP contribution in [0.25, 0.3) is 6.08 Å². The number of methoxy groups -OCH3 is 1. The van der Waals surface area contributed by atoms with Crippen molar-refractivity contribution < 1.29 is 24.5 Å². The minimum Gasteiger partial charge on any atom is -0.869 e. The normalized spacial score (nSPS) is 16.7. The summed E-state index contributed by atoms with van der Waals surface area (Å²) in [5, 5.41) is 21.5. The molecule has 1 heterocycles. The fourth-order valence-electron chi connectivity index (χ4n) is 2.48. The standard InChI is InChI=1S/C19H14Cl2N2O5S/c1-23-17(25)15(7-9-5-13(21)16(24)14(6-9)28-2)29-19(23)22-10-3-4-12(20)11(8-10)18(26)27/h3-8,24H,1-2H3,(H,26,27)/p-1/b15-7-,22-19?. The Morgan fingerprint density at radius 3 is 2.66 bits per heavy atom. The molecule has 0 atom stereocenters. The maximum atomic E-state index is 12.6. The lowest BCUT2D eigenvalue weighted by molar-refractivity contribution is -0.269. The molecule has 0 bridgehead atoms.